The van der Waals surface area contributed by atoms with E-state index in [1.165, 1.54) is 0 Å². The first kappa shape index (κ1) is 20.9. The van der Waals surface area contributed by atoms with Crippen LogP contribution in [0.1, 0.15) is 32.6 Å². The van der Waals surface area contributed by atoms with Gasteiger partial charge in [0.25, 0.3) is 0 Å². The summed E-state index contributed by atoms with van der Waals surface area (Å²) < 4.78 is 11.2. The summed E-state index contributed by atoms with van der Waals surface area (Å²) in [4.78, 5) is 13.9. The number of nitrogens with two attached hydrogens (primary N) is 1. The fourth-order valence-corrected chi connectivity index (χ4v) is 4.39. The number of likely N-dealkylation sites (tertiary alicyclic amines) is 1. The van der Waals surface area contributed by atoms with Crippen LogP contribution in [0.3, 0.4) is 0 Å². The minimum atomic E-state index is -1.35. The fraction of sp³-hybridized carbons (Fsp3) is 0.941. The Morgan fingerprint density at radius 3 is 2.68 bits per heavy atom. The van der Waals surface area contributed by atoms with Crippen LogP contribution in [0.25, 0.3) is 0 Å². The predicted molar refractivity (Wildman–Crippen MR) is 97.7 cm³/mol. The smallest absolute Gasteiger partial charge is 0.324 e. The number of nitrogens with zero attached hydrogens (tertiary/aromatic N) is 1. The highest BCUT2D eigenvalue weighted by molar-refractivity contribution is 7.98. The highest BCUT2D eigenvalue weighted by Crippen LogP contribution is 2.31. The summed E-state index contributed by atoms with van der Waals surface area (Å²) in [5.41, 5.74) is 4.86. The average molecular weight is 377 g/mol. The molecule has 146 valence electrons. The van der Waals surface area contributed by atoms with Crippen molar-refractivity contribution in [1.29, 1.82) is 0 Å². The Labute approximate surface area is 154 Å². The van der Waals surface area contributed by atoms with Crippen molar-refractivity contribution in [2.45, 2.75) is 50.0 Å². The van der Waals surface area contributed by atoms with Crippen molar-refractivity contribution in [2.75, 3.05) is 44.9 Å². The fourth-order valence-electron chi connectivity index (χ4n) is 3.85. The van der Waals surface area contributed by atoms with E-state index in [4.69, 9.17) is 15.2 Å². The van der Waals surface area contributed by atoms with Crippen LogP contribution in [-0.4, -0.2) is 83.4 Å². The molecule has 25 heavy (non-hydrogen) atoms. The molecule has 2 saturated heterocycles. The first-order chi connectivity index (χ1) is 11.8. The van der Waals surface area contributed by atoms with Gasteiger partial charge in [-0.3, -0.25) is 4.79 Å². The van der Waals surface area contributed by atoms with Gasteiger partial charge in [0.1, 0.15) is 5.54 Å². The van der Waals surface area contributed by atoms with Gasteiger partial charge in [0, 0.05) is 18.9 Å². The number of thioether (sulfide) groups is 1. The Hall–Kier alpha value is -0.380. The average Bonchev–Trinajstić information content (AvgIpc) is 2.99. The molecule has 3 atom stereocenters. The quantitative estimate of drug-likeness (QED) is 0.541. The highest BCUT2D eigenvalue weighted by atomic mass is 32.2. The van der Waals surface area contributed by atoms with Gasteiger partial charge in [0.2, 0.25) is 0 Å². The molecule has 0 aliphatic carbocycles. The molecule has 2 aliphatic rings. The molecule has 0 spiro atoms. The molecule has 8 heteroatoms. The van der Waals surface area contributed by atoms with Crippen molar-refractivity contribution >= 4 is 17.7 Å². The van der Waals surface area contributed by atoms with Crippen LogP contribution in [0.4, 0.5) is 0 Å². The summed E-state index contributed by atoms with van der Waals surface area (Å²) in [5, 5.41) is 20.1. The van der Waals surface area contributed by atoms with E-state index >= 15 is 0 Å². The molecule has 0 aromatic heterocycles. The second-order valence-electron chi connectivity index (χ2n) is 7.29. The third-order valence-corrected chi connectivity index (χ3v) is 6.06. The summed E-state index contributed by atoms with van der Waals surface area (Å²) in [6.07, 6.45) is 3.91. The Morgan fingerprint density at radius 1 is 1.44 bits per heavy atom. The summed E-state index contributed by atoms with van der Waals surface area (Å²) in [7, 11) is 0. The van der Waals surface area contributed by atoms with Gasteiger partial charge in [-0.2, -0.15) is 11.8 Å². The lowest BCUT2D eigenvalue weighted by molar-refractivity contribution is -0.151. The van der Waals surface area contributed by atoms with Crippen LogP contribution >= 0.6 is 11.8 Å². The molecule has 4 N–H and O–H groups in total. The SMILES string of the molecule is CSCCC(N)(C(=O)O)C1CCN(CCCC2(C)OCCO2)CC1O. The van der Waals surface area contributed by atoms with E-state index in [1.54, 1.807) is 11.8 Å². The predicted octanol–water partition coefficient (Wildman–Crippen LogP) is 0.748. The van der Waals surface area contributed by atoms with E-state index in [2.05, 4.69) is 4.90 Å². The van der Waals surface area contributed by atoms with Crippen molar-refractivity contribution in [2.24, 2.45) is 11.7 Å². The zero-order valence-electron chi connectivity index (χ0n) is 15.3. The molecular formula is C17H32N2O5S. The number of hydrogen-bond acceptors (Lipinski definition) is 7. The van der Waals surface area contributed by atoms with Crippen LogP contribution < -0.4 is 5.73 Å². The Kier molecular flexibility index (Phi) is 7.54. The lowest BCUT2D eigenvalue weighted by Crippen LogP contribution is -2.62. The highest BCUT2D eigenvalue weighted by Gasteiger charge is 2.47. The Bertz CT molecular complexity index is 447. The van der Waals surface area contributed by atoms with E-state index in [1.807, 2.05) is 13.2 Å². The number of β-amino-alcohol motifs (C(OH)–C–C–N with tert-alkyl or cyclic N) is 1. The number of carboxylic acid groups (broad SMARTS) is 1. The monoisotopic (exact) mass is 376 g/mol. The third kappa shape index (κ3) is 5.30. The molecule has 0 bridgehead atoms. The van der Waals surface area contributed by atoms with Crippen molar-refractivity contribution < 1.29 is 24.5 Å². The number of rotatable bonds is 9. The number of aliphatic hydroxyl groups is 1. The van der Waals surface area contributed by atoms with Gasteiger partial charge in [-0.15, -0.1) is 0 Å². The van der Waals surface area contributed by atoms with E-state index in [0.29, 0.717) is 38.4 Å². The summed E-state index contributed by atoms with van der Waals surface area (Å²) in [6.45, 7) is 5.30. The molecule has 2 aliphatic heterocycles. The van der Waals surface area contributed by atoms with E-state index in [9.17, 15) is 15.0 Å². The minimum absolute atomic E-state index is 0.373. The summed E-state index contributed by atoms with van der Waals surface area (Å²) >= 11 is 1.58. The van der Waals surface area contributed by atoms with Crippen LogP contribution in [0.15, 0.2) is 0 Å². The van der Waals surface area contributed by atoms with Crippen LogP contribution in [0.2, 0.25) is 0 Å². The number of piperidine rings is 1. The molecule has 0 aromatic rings. The first-order valence-electron chi connectivity index (χ1n) is 9.00. The lowest BCUT2D eigenvalue weighted by atomic mass is 9.75. The number of carbonyl (C=O) groups is 1. The van der Waals surface area contributed by atoms with Gasteiger partial charge >= 0.3 is 5.97 Å². The standard InChI is InChI=1S/C17H32N2O5S/c1-16(23-9-10-24-16)5-3-7-19-8-4-13(14(20)12-19)17(18,15(21)22)6-11-25-2/h13-14,20H,3-12,18H2,1-2H3,(H,21,22). The summed E-state index contributed by atoms with van der Waals surface area (Å²) in [6, 6.07) is 0. The third-order valence-electron chi connectivity index (χ3n) is 5.45. The molecule has 3 unspecified atom stereocenters. The number of hydrogen-bond donors (Lipinski definition) is 3. The zero-order valence-corrected chi connectivity index (χ0v) is 16.1. The molecular weight excluding hydrogens is 344 g/mol. The van der Waals surface area contributed by atoms with Gasteiger partial charge in [-0.05, 0) is 51.3 Å². The maximum Gasteiger partial charge on any atom is 0.324 e. The van der Waals surface area contributed by atoms with E-state index in [-0.39, 0.29) is 0 Å². The second kappa shape index (κ2) is 9.01. The van der Waals surface area contributed by atoms with E-state index < -0.39 is 29.3 Å². The maximum absolute atomic E-state index is 11.7. The van der Waals surface area contributed by atoms with Gasteiger partial charge in [-0.1, -0.05) is 0 Å². The number of ether oxygens (including phenoxy) is 2. The Morgan fingerprint density at radius 2 is 2.12 bits per heavy atom. The van der Waals surface area contributed by atoms with Crippen molar-refractivity contribution in [3.05, 3.63) is 0 Å². The summed E-state index contributed by atoms with van der Waals surface area (Å²) in [5.74, 6) is -1.23. The van der Waals surface area contributed by atoms with Gasteiger partial charge in [0.15, 0.2) is 5.79 Å². The van der Waals surface area contributed by atoms with Crippen LogP contribution in [0.5, 0.6) is 0 Å². The maximum atomic E-state index is 11.7. The van der Waals surface area contributed by atoms with Crippen LogP contribution in [-0.2, 0) is 14.3 Å². The molecule has 0 saturated carbocycles. The molecule has 2 rings (SSSR count). The number of aliphatic carboxylic acids is 1. The second-order valence-corrected chi connectivity index (χ2v) is 8.27. The molecule has 0 aromatic carbocycles. The van der Waals surface area contributed by atoms with Crippen molar-refractivity contribution in [3.8, 4) is 0 Å². The van der Waals surface area contributed by atoms with Crippen molar-refractivity contribution in [3.63, 3.8) is 0 Å². The molecule has 0 amide bonds. The van der Waals surface area contributed by atoms with Crippen molar-refractivity contribution in [1.82, 2.24) is 4.90 Å². The molecule has 7 nitrogen and oxygen atoms in total. The largest absolute Gasteiger partial charge is 0.480 e. The van der Waals surface area contributed by atoms with Gasteiger partial charge in [-0.25, -0.2) is 0 Å². The molecule has 0 radical (unpaired) electrons. The molecule has 2 heterocycles. The van der Waals surface area contributed by atoms with Gasteiger partial charge in [0.05, 0.1) is 19.3 Å². The Balaban J connectivity index is 1.83. The molecule has 2 fully saturated rings. The first-order valence-corrected chi connectivity index (χ1v) is 10.4. The number of carboxylic acids is 1. The minimum Gasteiger partial charge on any atom is -0.480 e. The lowest BCUT2D eigenvalue weighted by Gasteiger charge is -2.43. The van der Waals surface area contributed by atoms with Gasteiger partial charge < -0.3 is 30.3 Å². The topological polar surface area (TPSA) is 105 Å². The van der Waals surface area contributed by atoms with Crippen LogP contribution in [0, 0.1) is 5.92 Å². The number of aliphatic hydroxyl groups excluding tert-OH is 1. The normalized spacial score (nSPS) is 29.4. The zero-order chi connectivity index (χ0) is 18.5. The van der Waals surface area contributed by atoms with E-state index in [0.717, 1.165) is 25.9 Å².